The van der Waals surface area contributed by atoms with Crippen LogP contribution in [0.2, 0.25) is 0 Å². The van der Waals surface area contributed by atoms with Crippen molar-refractivity contribution in [3.63, 3.8) is 0 Å². The van der Waals surface area contributed by atoms with Crippen LogP contribution in [0.5, 0.6) is 0 Å². The van der Waals surface area contributed by atoms with Crippen molar-refractivity contribution in [1.29, 1.82) is 0 Å². The van der Waals surface area contributed by atoms with E-state index in [0.29, 0.717) is 0 Å². The van der Waals surface area contributed by atoms with Crippen LogP contribution in [0, 0.1) is 5.92 Å². The largest absolute Gasteiger partial charge is 0.396 e. The molecule has 6 heteroatoms. The quantitative estimate of drug-likeness (QED) is 0.905. The van der Waals surface area contributed by atoms with Gasteiger partial charge in [0.15, 0.2) is 9.84 Å². The van der Waals surface area contributed by atoms with Crippen LogP contribution in [0.15, 0.2) is 15.9 Å². The predicted molar refractivity (Wildman–Crippen MR) is 65.8 cm³/mol. The Morgan fingerprint density at radius 3 is 2.67 bits per heavy atom. The Bertz CT molecular complexity index is 411. The Hall–Kier alpha value is 0.0900. The fourth-order valence-electron chi connectivity index (χ4n) is 1.19. The van der Waals surface area contributed by atoms with Gasteiger partial charge in [-0.05, 0) is 34.0 Å². The van der Waals surface area contributed by atoms with Crippen molar-refractivity contribution in [2.24, 2.45) is 5.92 Å². The van der Waals surface area contributed by atoms with E-state index < -0.39 is 9.84 Å². The molecule has 0 saturated carbocycles. The molecule has 1 N–H and O–H groups in total. The molecule has 1 aromatic rings. The number of hydrogen-bond acceptors (Lipinski definition) is 4. The van der Waals surface area contributed by atoms with Gasteiger partial charge in [-0.1, -0.05) is 6.92 Å². The monoisotopic (exact) mass is 312 g/mol. The Labute approximate surface area is 102 Å². The SMILES string of the molecule is CC(CO)CS(=O)(=O)Cc1ccc(Br)s1. The van der Waals surface area contributed by atoms with E-state index in [4.69, 9.17) is 5.11 Å². The molecule has 86 valence electrons. The van der Waals surface area contributed by atoms with Crippen molar-refractivity contribution in [3.05, 3.63) is 20.8 Å². The summed E-state index contributed by atoms with van der Waals surface area (Å²) in [4.78, 5) is 0.826. The van der Waals surface area contributed by atoms with Gasteiger partial charge < -0.3 is 5.11 Å². The molecule has 0 spiro atoms. The van der Waals surface area contributed by atoms with Gasteiger partial charge in [0.05, 0.1) is 15.3 Å². The number of aliphatic hydroxyl groups excluding tert-OH is 1. The number of rotatable bonds is 5. The number of halogens is 1. The fraction of sp³-hybridized carbons (Fsp3) is 0.556. The first-order valence-corrected chi connectivity index (χ1v) is 7.91. The second-order valence-electron chi connectivity index (χ2n) is 3.55. The Balaban J connectivity index is 2.64. The summed E-state index contributed by atoms with van der Waals surface area (Å²) in [5.74, 6) is -0.0921. The molecule has 0 aliphatic rings. The van der Waals surface area contributed by atoms with E-state index in [1.165, 1.54) is 11.3 Å². The van der Waals surface area contributed by atoms with Crippen molar-refractivity contribution in [3.8, 4) is 0 Å². The van der Waals surface area contributed by atoms with E-state index >= 15 is 0 Å². The van der Waals surface area contributed by atoms with E-state index in [1.807, 2.05) is 6.07 Å². The average Bonchev–Trinajstić information content (AvgIpc) is 2.49. The summed E-state index contributed by atoms with van der Waals surface area (Å²) in [7, 11) is -3.10. The molecule has 0 bridgehead atoms. The molecular weight excluding hydrogens is 300 g/mol. The highest BCUT2D eigenvalue weighted by atomic mass is 79.9. The molecule has 0 fully saturated rings. The summed E-state index contributed by atoms with van der Waals surface area (Å²) in [6.45, 7) is 1.63. The van der Waals surface area contributed by atoms with Crippen molar-refractivity contribution >= 4 is 37.1 Å². The van der Waals surface area contributed by atoms with Crippen molar-refractivity contribution in [2.75, 3.05) is 12.4 Å². The Kier molecular flexibility index (Phi) is 4.76. The van der Waals surface area contributed by atoms with Gasteiger partial charge in [0, 0.05) is 11.5 Å². The summed E-state index contributed by atoms with van der Waals surface area (Å²) in [5.41, 5.74) is 0. The van der Waals surface area contributed by atoms with Gasteiger partial charge >= 0.3 is 0 Å². The summed E-state index contributed by atoms with van der Waals surface area (Å²) >= 11 is 4.71. The lowest BCUT2D eigenvalue weighted by molar-refractivity contribution is 0.249. The van der Waals surface area contributed by atoms with E-state index in [1.54, 1.807) is 13.0 Å². The first kappa shape index (κ1) is 13.2. The molecule has 0 amide bonds. The van der Waals surface area contributed by atoms with Crippen LogP contribution in [0.3, 0.4) is 0 Å². The van der Waals surface area contributed by atoms with Gasteiger partial charge in [-0.25, -0.2) is 8.42 Å². The molecule has 1 atom stereocenters. The second-order valence-corrected chi connectivity index (χ2v) is 8.20. The van der Waals surface area contributed by atoms with Crippen molar-refractivity contribution < 1.29 is 13.5 Å². The highest BCUT2D eigenvalue weighted by molar-refractivity contribution is 9.11. The minimum absolute atomic E-state index is 0.0407. The van der Waals surface area contributed by atoms with Crippen LogP contribution in [0.25, 0.3) is 0 Å². The van der Waals surface area contributed by atoms with E-state index in [0.717, 1.165) is 8.66 Å². The minimum Gasteiger partial charge on any atom is -0.396 e. The lowest BCUT2D eigenvalue weighted by Crippen LogP contribution is -2.17. The first-order chi connectivity index (χ1) is 6.93. The topological polar surface area (TPSA) is 54.4 Å². The molecule has 15 heavy (non-hydrogen) atoms. The first-order valence-electron chi connectivity index (χ1n) is 4.48. The Morgan fingerprint density at radius 1 is 1.53 bits per heavy atom. The number of hydrogen-bond donors (Lipinski definition) is 1. The third kappa shape index (κ3) is 4.63. The van der Waals surface area contributed by atoms with Crippen LogP contribution < -0.4 is 0 Å². The average molecular weight is 313 g/mol. The van der Waals surface area contributed by atoms with Gasteiger partial charge in [0.2, 0.25) is 0 Å². The lowest BCUT2D eigenvalue weighted by Gasteiger charge is -2.07. The van der Waals surface area contributed by atoms with Crippen LogP contribution in [0.1, 0.15) is 11.8 Å². The molecule has 0 aliphatic carbocycles. The normalized spacial score (nSPS) is 14.1. The second kappa shape index (κ2) is 5.43. The maximum Gasteiger partial charge on any atom is 0.155 e. The van der Waals surface area contributed by atoms with E-state index in [-0.39, 0.29) is 24.0 Å². The summed E-state index contributed by atoms with van der Waals surface area (Å²) in [5, 5.41) is 8.80. The van der Waals surface area contributed by atoms with Gasteiger partial charge in [-0.3, -0.25) is 0 Å². The zero-order valence-electron chi connectivity index (χ0n) is 8.31. The smallest absolute Gasteiger partial charge is 0.155 e. The zero-order chi connectivity index (χ0) is 11.5. The summed E-state index contributed by atoms with van der Waals surface area (Å²) < 4.78 is 24.3. The molecule has 1 rings (SSSR count). The fourth-order valence-corrected chi connectivity index (χ4v) is 4.86. The number of aliphatic hydroxyl groups is 1. The predicted octanol–water partition coefficient (Wildman–Crippen LogP) is 2.05. The molecule has 1 heterocycles. The molecule has 1 aromatic heterocycles. The molecule has 3 nitrogen and oxygen atoms in total. The van der Waals surface area contributed by atoms with Crippen LogP contribution >= 0.6 is 27.3 Å². The lowest BCUT2D eigenvalue weighted by atomic mass is 10.2. The van der Waals surface area contributed by atoms with Gasteiger partial charge in [0.1, 0.15) is 0 Å². The zero-order valence-corrected chi connectivity index (χ0v) is 11.5. The molecule has 0 aliphatic heterocycles. The van der Waals surface area contributed by atoms with Gasteiger partial charge in [-0.15, -0.1) is 11.3 Å². The van der Waals surface area contributed by atoms with Crippen LogP contribution in [-0.4, -0.2) is 25.9 Å². The minimum atomic E-state index is -3.10. The standard InChI is InChI=1S/C9H13BrO3S2/c1-7(4-11)5-15(12,13)6-8-2-3-9(10)14-8/h2-3,7,11H,4-6H2,1H3. The number of thiophene rings is 1. The van der Waals surface area contributed by atoms with Crippen molar-refractivity contribution in [1.82, 2.24) is 0 Å². The maximum atomic E-state index is 11.7. The Morgan fingerprint density at radius 2 is 2.20 bits per heavy atom. The molecule has 0 radical (unpaired) electrons. The number of sulfone groups is 1. The van der Waals surface area contributed by atoms with E-state index in [9.17, 15) is 8.42 Å². The van der Waals surface area contributed by atoms with Gasteiger partial charge in [-0.2, -0.15) is 0 Å². The van der Waals surface area contributed by atoms with E-state index in [2.05, 4.69) is 15.9 Å². The highest BCUT2D eigenvalue weighted by Gasteiger charge is 2.17. The highest BCUT2D eigenvalue weighted by Crippen LogP contribution is 2.24. The molecule has 1 unspecified atom stereocenters. The molecule has 0 saturated heterocycles. The van der Waals surface area contributed by atoms with Crippen molar-refractivity contribution in [2.45, 2.75) is 12.7 Å². The summed E-state index contributed by atoms with van der Waals surface area (Å²) in [6.07, 6.45) is 0. The van der Waals surface area contributed by atoms with Crippen LogP contribution in [0.4, 0.5) is 0 Å². The third-order valence-electron chi connectivity index (χ3n) is 1.84. The molecular formula is C9H13BrO3S2. The summed E-state index contributed by atoms with van der Waals surface area (Å²) in [6, 6.07) is 3.64. The van der Waals surface area contributed by atoms with Gasteiger partial charge in [0.25, 0.3) is 0 Å². The molecule has 0 aromatic carbocycles. The van der Waals surface area contributed by atoms with Crippen LogP contribution in [-0.2, 0) is 15.6 Å². The third-order valence-corrected chi connectivity index (χ3v) is 5.48. The maximum absolute atomic E-state index is 11.7.